The van der Waals surface area contributed by atoms with E-state index in [-0.39, 0.29) is 11.4 Å². The summed E-state index contributed by atoms with van der Waals surface area (Å²) in [6.07, 6.45) is 8.16. The number of carbonyl (C=O) groups is 1. The van der Waals surface area contributed by atoms with E-state index in [1.54, 1.807) is 6.20 Å². The van der Waals surface area contributed by atoms with Gasteiger partial charge in [0.25, 0.3) is 5.91 Å². The van der Waals surface area contributed by atoms with Crippen LogP contribution in [0.1, 0.15) is 43.1 Å². The van der Waals surface area contributed by atoms with Gasteiger partial charge in [0, 0.05) is 57.5 Å². The SMILES string of the molecule is CCOCCN1CCN(c2ccc(Nc3ncc4cc5n(c4n3)C3(CCCC3)CNC5=O)nc2)CC1. The number of carbonyl (C=O) groups excluding carboxylic acids is 1. The molecule has 1 saturated carbocycles. The third kappa shape index (κ3) is 4.28. The van der Waals surface area contributed by atoms with Gasteiger partial charge in [0.15, 0.2) is 0 Å². The van der Waals surface area contributed by atoms with Gasteiger partial charge in [0.05, 0.1) is 24.0 Å². The largest absolute Gasteiger partial charge is 0.380 e. The first-order valence-electron chi connectivity index (χ1n) is 13.1. The van der Waals surface area contributed by atoms with E-state index >= 15 is 0 Å². The fraction of sp³-hybridized carbons (Fsp3) is 0.538. The van der Waals surface area contributed by atoms with E-state index in [1.807, 2.05) is 25.3 Å². The Balaban J connectivity index is 1.16. The molecule has 0 radical (unpaired) electrons. The van der Waals surface area contributed by atoms with E-state index in [9.17, 15) is 4.79 Å². The number of aromatic nitrogens is 4. The van der Waals surface area contributed by atoms with E-state index < -0.39 is 0 Å². The summed E-state index contributed by atoms with van der Waals surface area (Å²) in [7, 11) is 0. The number of rotatable bonds is 7. The van der Waals surface area contributed by atoms with Crippen molar-refractivity contribution in [1.82, 2.24) is 29.7 Å². The smallest absolute Gasteiger partial charge is 0.268 e. The first kappa shape index (κ1) is 23.2. The van der Waals surface area contributed by atoms with Gasteiger partial charge in [-0.25, -0.2) is 9.97 Å². The summed E-state index contributed by atoms with van der Waals surface area (Å²) in [5.74, 6) is 1.16. The Hall–Kier alpha value is -3.24. The van der Waals surface area contributed by atoms with Gasteiger partial charge in [-0.2, -0.15) is 4.98 Å². The maximum atomic E-state index is 12.6. The third-order valence-corrected chi connectivity index (χ3v) is 7.84. The number of nitrogens with zero attached hydrogens (tertiary/aromatic N) is 6. The van der Waals surface area contributed by atoms with Gasteiger partial charge < -0.3 is 24.8 Å². The number of pyridine rings is 1. The quantitative estimate of drug-likeness (QED) is 0.488. The van der Waals surface area contributed by atoms with Crippen LogP contribution >= 0.6 is 0 Å². The Bertz CT molecular complexity index is 1230. The molecule has 10 heteroatoms. The standard InChI is InChI=1S/C26H34N8O2/c1-2-36-14-13-32-9-11-33(12-10-32)20-5-6-22(27-17-20)30-25-28-16-19-15-21-24(35)29-18-26(7-3-4-8-26)34(21)23(19)31-25/h5-6,15-17H,2-4,7-14,18H2,1H3,(H,29,35)(H,27,28,30,31). The highest BCUT2D eigenvalue weighted by atomic mass is 16.5. The van der Waals surface area contributed by atoms with E-state index in [0.29, 0.717) is 24.0 Å². The average molecular weight is 491 g/mol. The molecule has 1 amide bonds. The van der Waals surface area contributed by atoms with Crippen molar-refractivity contribution >= 4 is 34.4 Å². The Morgan fingerprint density at radius 1 is 1.11 bits per heavy atom. The van der Waals surface area contributed by atoms with Crippen LogP contribution < -0.4 is 15.5 Å². The van der Waals surface area contributed by atoms with Crippen molar-refractivity contribution in [3.63, 3.8) is 0 Å². The van der Waals surface area contributed by atoms with Crippen LogP contribution in [0, 0.1) is 0 Å². The zero-order valence-corrected chi connectivity index (χ0v) is 20.9. The van der Waals surface area contributed by atoms with Crippen LogP contribution in [-0.2, 0) is 10.3 Å². The van der Waals surface area contributed by atoms with Crippen LogP contribution in [0.4, 0.5) is 17.5 Å². The monoisotopic (exact) mass is 490 g/mol. The number of hydrogen-bond acceptors (Lipinski definition) is 8. The Morgan fingerprint density at radius 2 is 1.94 bits per heavy atom. The molecule has 36 heavy (non-hydrogen) atoms. The van der Waals surface area contributed by atoms with Crippen molar-refractivity contribution < 1.29 is 9.53 Å². The molecule has 0 aromatic carbocycles. The van der Waals surface area contributed by atoms with E-state index in [2.05, 4.69) is 41.0 Å². The number of piperazine rings is 1. The summed E-state index contributed by atoms with van der Waals surface area (Å²) < 4.78 is 7.66. The van der Waals surface area contributed by atoms with E-state index in [4.69, 9.17) is 9.72 Å². The molecule has 10 nitrogen and oxygen atoms in total. The summed E-state index contributed by atoms with van der Waals surface area (Å²) in [5, 5.41) is 7.24. The van der Waals surface area contributed by atoms with Crippen molar-refractivity contribution in [1.29, 1.82) is 0 Å². The van der Waals surface area contributed by atoms with E-state index in [1.165, 1.54) is 12.8 Å². The fourth-order valence-corrected chi connectivity index (χ4v) is 5.87. The molecule has 0 bridgehead atoms. The summed E-state index contributed by atoms with van der Waals surface area (Å²) >= 11 is 0. The minimum absolute atomic E-state index is 0.0348. The van der Waals surface area contributed by atoms with Crippen LogP contribution in [-0.4, -0.2) is 82.8 Å². The van der Waals surface area contributed by atoms with Crippen LogP contribution in [0.2, 0.25) is 0 Å². The lowest BCUT2D eigenvalue weighted by Crippen LogP contribution is -2.50. The minimum Gasteiger partial charge on any atom is -0.380 e. The van der Waals surface area contributed by atoms with Crippen molar-refractivity contribution in [2.45, 2.75) is 38.1 Å². The maximum absolute atomic E-state index is 12.6. The van der Waals surface area contributed by atoms with Crippen molar-refractivity contribution in [3.05, 3.63) is 36.3 Å². The fourth-order valence-electron chi connectivity index (χ4n) is 5.87. The molecule has 3 aromatic heterocycles. The lowest BCUT2D eigenvalue weighted by atomic mass is 9.94. The predicted octanol–water partition coefficient (Wildman–Crippen LogP) is 2.74. The molecule has 2 fully saturated rings. The molecular formula is C26H34N8O2. The zero-order valence-electron chi connectivity index (χ0n) is 20.9. The molecule has 1 saturated heterocycles. The number of ether oxygens (including phenoxy) is 1. The second-order valence-corrected chi connectivity index (χ2v) is 10.0. The molecule has 2 N–H and O–H groups in total. The van der Waals surface area contributed by atoms with Crippen LogP contribution in [0.3, 0.4) is 0 Å². The molecule has 0 unspecified atom stereocenters. The highest BCUT2D eigenvalue weighted by molar-refractivity contribution is 5.99. The number of anilines is 3. The molecule has 1 aliphatic carbocycles. The molecule has 5 heterocycles. The number of fused-ring (bicyclic) bond motifs is 4. The van der Waals surface area contributed by atoms with Crippen molar-refractivity contribution in [3.8, 4) is 0 Å². The van der Waals surface area contributed by atoms with Gasteiger partial charge in [-0.15, -0.1) is 0 Å². The highest BCUT2D eigenvalue weighted by Crippen LogP contribution is 2.41. The van der Waals surface area contributed by atoms with Crippen molar-refractivity contribution in [2.24, 2.45) is 0 Å². The van der Waals surface area contributed by atoms with Crippen molar-refractivity contribution in [2.75, 3.05) is 62.7 Å². The average Bonchev–Trinajstić information content (AvgIpc) is 3.53. The first-order valence-corrected chi connectivity index (χ1v) is 13.1. The molecule has 2 aliphatic heterocycles. The number of hydrogen-bond donors (Lipinski definition) is 2. The predicted molar refractivity (Wildman–Crippen MR) is 139 cm³/mol. The summed E-state index contributed by atoms with van der Waals surface area (Å²) in [5.41, 5.74) is 2.54. The van der Waals surface area contributed by atoms with Crippen LogP contribution in [0.5, 0.6) is 0 Å². The Kier molecular flexibility index (Phi) is 6.22. The second kappa shape index (κ2) is 9.67. The maximum Gasteiger partial charge on any atom is 0.268 e. The first-order chi connectivity index (χ1) is 17.6. The minimum atomic E-state index is -0.0798. The summed E-state index contributed by atoms with van der Waals surface area (Å²) in [6.45, 7) is 9.28. The van der Waals surface area contributed by atoms with Gasteiger partial charge in [-0.3, -0.25) is 9.69 Å². The van der Waals surface area contributed by atoms with Gasteiger partial charge >= 0.3 is 0 Å². The lowest BCUT2D eigenvalue weighted by molar-refractivity contribution is 0.0876. The summed E-state index contributed by atoms with van der Waals surface area (Å²) in [6, 6.07) is 5.99. The Morgan fingerprint density at radius 3 is 2.69 bits per heavy atom. The van der Waals surface area contributed by atoms with Gasteiger partial charge in [0.2, 0.25) is 5.95 Å². The molecular weight excluding hydrogens is 456 g/mol. The molecule has 3 aliphatic rings. The molecule has 1 spiro atoms. The van der Waals surface area contributed by atoms with Gasteiger partial charge in [-0.1, -0.05) is 12.8 Å². The molecule has 0 atom stereocenters. The normalized spacial score (nSPS) is 19.6. The topological polar surface area (TPSA) is 100 Å². The van der Waals surface area contributed by atoms with Gasteiger partial charge in [0.1, 0.15) is 17.2 Å². The lowest BCUT2D eigenvalue weighted by Gasteiger charge is -2.37. The van der Waals surface area contributed by atoms with E-state index in [0.717, 1.165) is 75.5 Å². The van der Waals surface area contributed by atoms with Gasteiger partial charge in [-0.05, 0) is 38.0 Å². The number of amides is 1. The summed E-state index contributed by atoms with van der Waals surface area (Å²) in [4.78, 5) is 31.4. The molecule has 3 aromatic rings. The Labute approximate surface area is 211 Å². The third-order valence-electron chi connectivity index (χ3n) is 7.84. The van der Waals surface area contributed by atoms with Crippen LogP contribution in [0.25, 0.3) is 11.0 Å². The highest BCUT2D eigenvalue weighted by Gasteiger charge is 2.42. The zero-order chi connectivity index (χ0) is 24.5. The van der Waals surface area contributed by atoms with Crippen LogP contribution in [0.15, 0.2) is 30.6 Å². The number of nitrogens with one attached hydrogen (secondary N) is 2. The molecule has 190 valence electrons. The second-order valence-electron chi connectivity index (χ2n) is 10.0. The molecule has 6 rings (SSSR count).